The van der Waals surface area contributed by atoms with Gasteiger partial charge in [0.1, 0.15) is 17.4 Å². The molecule has 0 saturated carbocycles. The zero-order valence-electron chi connectivity index (χ0n) is 14.8. The van der Waals surface area contributed by atoms with Crippen molar-refractivity contribution < 1.29 is 22.7 Å². The molecule has 0 aliphatic carbocycles. The lowest BCUT2D eigenvalue weighted by Gasteiger charge is -2.16. The highest BCUT2D eigenvalue weighted by molar-refractivity contribution is 6.00. The lowest BCUT2D eigenvalue weighted by Crippen LogP contribution is -2.43. The van der Waals surface area contributed by atoms with Gasteiger partial charge in [0.15, 0.2) is 5.65 Å². The molecule has 3 aromatic rings. The first-order valence-corrected chi connectivity index (χ1v) is 8.08. The molecular weight excluding hydrogens is 361 g/mol. The maximum Gasteiger partial charge on any atom is 0.408 e. The Morgan fingerprint density at radius 2 is 2.04 bits per heavy atom. The van der Waals surface area contributed by atoms with Gasteiger partial charge in [-0.15, -0.1) is 0 Å². The molecule has 2 heterocycles. The number of ether oxygens (including phenoxy) is 1. The number of carbonyl (C=O) groups is 1. The maximum atomic E-state index is 12.7. The molecule has 27 heavy (non-hydrogen) atoms. The number of nitrogens with one attached hydrogen (secondary N) is 1. The minimum absolute atomic E-state index is 0.0288. The third-order valence-electron chi connectivity index (χ3n) is 4.10. The van der Waals surface area contributed by atoms with Gasteiger partial charge >= 0.3 is 6.18 Å². The summed E-state index contributed by atoms with van der Waals surface area (Å²) in [7, 11) is 1.54. The second-order valence-electron chi connectivity index (χ2n) is 6.05. The van der Waals surface area contributed by atoms with E-state index in [9.17, 15) is 18.0 Å². The molecule has 1 atom stereocenters. The number of carbonyl (C=O) groups excluding carboxylic acids is 1. The molecule has 3 rings (SSSR count). The van der Waals surface area contributed by atoms with Crippen molar-refractivity contribution >= 4 is 11.6 Å². The quantitative estimate of drug-likeness (QED) is 0.756. The number of hydrogen-bond donors (Lipinski definition) is 1. The Balaban J connectivity index is 2.03. The molecule has 0 radical (unpaired) electrons. The van der Waals surface area contributed by atoms with E-state index in [0.29, 0.717) is 17.1 Å². The fourth-order valence-electron chi connectivity index (χ4n) is 2.56. The predicted octanol–water partition coefficient (Wildman–Crippen LogP) is 3.39. The van der Waals surface area contributed by atoms with Gasteiger partial charge in [-0.1, -0.05) is 12.1 Å². The highest BCUT2D eigenvalue weighted by Gasteiger charge is 2.37. The summed E-state index contributed by atoms with van der Waals surface area (Å²) >= 11 is 0. The Hall–Kier alpha value is -3.10. The van der Waals surface area contributed by atoms with Crippen LogP contribution in [0.4, 0.5) is 13.2 Å². The fraction of sp³-hybridized carbons (Fsp3) is 0.278. The van der Waals surface area contributed by atoms with Crippen molar-refractivity contribution in [1.29, 1.82) is 0 Å². The second kappa shape index (κ2) is 6.90. The summed E-state index contributed by atoms with van der Waals surface area (Å²) < 4.78 is 44.8. The number of benzene rings is 1. The molecule has 9 heteroatoms. The van der Waals surface area contributed by atoms with Gasteiger partial charge in [0.25, 0.3) is 5.91 Å². The van der Waals surface area contributed by atoms with Gasteiger partial charge < -0.3 is 10.1 Å². The summed E-state index contributed by atoms with van der Waals surface area (Å²) in [5.74, 6) is -0.248. The summed E-state index contributed by atoms with van der Waals surface area (Å²) in [5, 5.41) is 6.00. The molecule has 142 valence electrons. The summed E-state index contributed by atoms with van der Waals surface area (Å²) in [6.45, 7) is 2.65. The molecule has 1 unspecified atom stereocenters. The molecule has 6 nitrogen and oxygen atoms in total. The standard InChI is InChI=1S/C18H17F3N4O2/c1-10-7-15(12-5-4-6-13(8-12)27-3)24-16-14(9-22-25(10)16)17(26)23-11(2)18(19,20)21/h4-9,11H,1-3H3,(H,23,26). The molecule has 0 fully saturated rings. The molecule has 2 aromatic heterocycles. The van der Waals surface area contributed by atoms with Crippen LogP contribution in [-0.4, -0.2) is 39.8 Å². The van der Waals surface area contributed by atoms with E-state index >= 15 is 0 Å². The van der Waals surface area contributed by atoms with E-state index in [-0.39, 0.29) is 11.2 Å². The van der Waals surface area contributed by atoms with Crippen molar-refractivity contribution in [2.24, 2.45) is 0 Å². The number of nitrogens with zero attached hydrogens (tertiary/aromatic N) is 3. The van der Waals surface area contributed by atoms with Crippen LogP contribution in [0, 0.1) is 6.92 Å². The van der Waals surface area contributed by atoms with E-state index in [1.165, 1.54) is 10.7 Å². The largest absolute Gasteiger partial charge is 0.497 e. The maximum absolute atomic E-state index is 12.7. The molecule has 0 saturated heterocycles. The minimum Gasteiger partial charge on any atom is -0.497 e. The zero-order valence-corrected chi connectivity index (χ0v) is 14.8. The van der Waals surface area contributed by atoms with Gasteiger partial charge in [0.2, 0.25) is 0 Å². The summed E-state index contributed by atoms with van der Waals surface area (Å²) in [4.78, 5) is 16.7. The number of rotatable bonds is 4. The minimum atomic E-state index is -4.53. The van der Waals surface area contributed by atoms with Gasteiger partial charge in [0.05, 0.1) is 19.0 Å². The second-order valence-corrected chi connectivity index (χ2v) is 6.05. The van der Waals surface area contributed by atoms with Gasteiger partial charge in [-0.3, -0.25) is 4.79 Å². The van der Waals surface area contributed by atoms with Crippen LogP contribution in [0.15, 0.2) is 36.5 Å². The first kappa shape index (κ1) is 18.7. The van der Waals surface area contributed by atoms with Crippen LogP contribution in [-0.2, 0) is 0 Å². The van der Waals surface area contributed by atoms with Crippen molar-refractivity contribution in [2.45, 2.75) is 26.1 Å². The number of alkyl halides is 3. The zero-order chi connectivity index (χ0) is 19.8. The molecule has 1 amide bonds. The summed E-state index contributed by atoms with van der Waals surface area (Å²) in [6, 6.07) is 6.97. The first-order valence-electron chi connectivity index (χ1n) is 8.08. The van der Waals surface area contributed by atoms with Crippen LogP contribution >= 0.6 is 0 Å². The smallest absolute Gasteiger partial charge is 0.408 e. The fourth-order valence-corrected chi connectivity index (χ4v) is 2.56. The SMILES string of the molecule is COc1cccc(-c2cc(C)n3ncc(C(=O)NC(C)C(F)(F)F)c3n2)c1. The summed E-state index contributed by atoms with van der Waals surface area (Å²) in [6.07, 6.45) is -3.32. The van der Waals surface area contributed by atoms with Crippen LogP contribution < -0.4 is 10.1 Å². The van der Waals surface area contributed by atoms with Gasteiger partial charge in [-0.25, -0.2) is 9.50 Å². The van der Waals surface area contributed by atoms with E-state index in [4.69, 9.17) is 4.74 Å². The van der Waals surface area contributed by atoms with Gasteiger partial charge in [-0.2, -0.15) is 18.3 Å². The third kappa shape index (κ3) is 3.71. The predicted molar refractivity (Wildman–Crippen MR) is 92.7 cm³/mol. The van der Waals surface area contributed by atoms with E-state index < -0.39 is 18.1 Å². The van der Waals surface area contributed by atoms with E-state index in [2.05, 4.69) is 10.1 Å². The van der Waals surface area contributed by atoms with Gasteiger partial charge in [0, 0.05) is 11.3 Å². The van der Waals surface area contributed by atoms with Crippen LogP contribution in [0.3, 0.4) is 0 Å². The number of hydrogen-bond acceptors (Lipinski definition) is 4. The third-order valence-corrected chi connectivity index (χ3v) is 4.10. The molecule has 0 aliphatic rings. The van der Waals surface area contributed by atoms with E-state index in [0.717, 1.165) is 12.5 Å². The highest BCUT2D eigenvalue weighted by atomic mass is 19.4. The van der Waals surface area contributed by atoms with Crippen LogP contribution in [0.25, 0.3) is 16.9 Å². The van der Waals surface area contributed by atoms with Crippen molar-refractivity contribution in [1.82, 2.24) is 19.9 Å². The molecule has 1 N–H and O–H groups in total. The molecule has 1 aromatic carbocycles. The van der Waals surface area contributed by atoms with Crippen LogP contribution in [0.1, 0.15) is 23.0 Å². The molecule has 0 aliphatic heterocycles. The number of amides is 1. The Bertz CT molecular complexity index is 998. The Morgan fingerprint density at radius 3 is 2.70 bits per heavy atom. The lowest BCUT2D eigenvalue weighted by atomic mass is 10.1. The molecule has 0 bridgehead atoms. The summed E-state index contributed by atoms with van der Waals surface area (Å²) in [5.41, 5.74) is 2.13. The average Bonchev–Trinajstić information content (AvgIpc) is 3.05. The first-order chi connectivity index (χ1) is 12.7. The van der Waals surface area contributed by atoms with Crippen LogP contribution in [0.5, 0.6) is 5.75 Å². The molecule has 0 spiro atoms. The van der Waals surface area contributed by atoms with Crippen molar-refractivity contribution in [3.05, 3.63) is 47.8 Å². The highest BCUT2D eigenvalue weighted by Crippen LogP contribution is 2.25. The average molecular weight is 378 g/mol. The lowest BCUT2D eigenvalue weighted by molar-refractivity contribution is -0.149. The van der Waals surface area contributed by atoms with Crippen LogP contribution in [0.2, 0.25) is 0 Å². The molecular formula is C18H17F3N4O2. The topological polar surface area (TPSA) is 68.5 Å². The van der Waals surface area contributed by atoms with E-state index in [1.54, 1.807) is 38.3 Å². The number of aryl methyl sites for hydroxylation is 1. The van der Waals surface area contributed by atoms with Crippen molar-refractivity contribution in [2.75, 3.05) is 7.11 Å². The van der Waals surface area contributed by atoms with E-state index in [1.807, 2.05) is 11.4 Å². The van der Waals surface area contributed by atoms with Gasteiger partial charge in [-0.05, 0) is 32.0 Å². The normalized spacial score (nSPS) is 12.8. The monoisotopic (exact) mass is 378 g/mol. The number of aromatic nitrogens is 3. The Morgan fingerprint density at radius 1 is 1.30 bits per heavy atom. The Labute approximate surface area is 153 Å². The number of fused-ring (bicyclic) bond motifs is 1. The number of halogens is 3. The number of methoxy groups -OCH3 is 1. The Kier molecular flexibility index (Phi) is 4.77. The van der Waals surface area contributed by atoms with Crippen molar-refractivity contribution in [3.63, 3.8) is 0 Å². The van der Waals surface area contributed by atoms with Crippen molar-refractivity contribution in [3.8, 4) is 17.0 Å².